The molecule has 0 atom stereocenters. The first-order valence-electron chi connectivity index (χ1n) is 8.63. The lowest BCUT2D eigenvalue weighted by Gasteiger charge is -2.09. The number of hydrogen-bond donors (Lipinski definition) is 3. The van der Waals surface area contributed by atoms with E-state index >= 15 is 0 Å². The number of H-pyrrole nitrogens is 1. The van der Waals surface area contributed by atoms with Crippen LogP contribution in [-0.4, -0.2) is 41.8 Å². The molecule has 6 nitrogen and oxygen atoms in total. The number of nitrogens with zero attached hydrogens (tertiary/aromatic N) is 2. The molecular formula is C19H25N5O. The van der Waals surface area contributed by atoms with Crippen molar-refractivity contribution < 1.29 is 4.74 Å². The van der Waals surface area contributed by atoms with Crippen molar-refractivity contribution in [2.24, 2.45) is 0 Å². The number of rotatable bonds is 9. The molecule has 3 N–H and O–H groups in total. The highest BCUT2D eigenvalue weighted by Gasteiger charge is 2.05. The SMILES string of the molecule is COCCCNc1cc(C)nc(NCCc2c[nH]c3ccccc23)n1. The van der Waals surface area contributed by atoms with E-state index < -0.39 is 0 Å². The Hall–Kier alpha value is -2.60. The minimum atomic E-state index is 0.661. The fourth-order valence-electron chi connectivity index (χ4n) is 2.82. The van der Waals surface area contributed by atoms with Gasteiger partial charge in [-0.2, -0.15) is 4.98 Å². The Labute approximate surface area is 148 Å². The van der Waals surface area contributed by atoms with Gasteiger partial charge in [-0.3, -0.25) is 0 Å². The van der Waals surface area contributed by atoms with E-state index in [0.29, 0.717) is 5.95 Å². The van der Waals surface area contributed by atoms with E-state index in [2.05, 4.69) is 50.0 Å². The van der Waals surface area contributed by atoms with Crippen molar-refractivity contribution >= 4 is 22.7 Å². The van der Waals surface area contributed by atoms with Gasteiger partial charge in [0.1, 0.15) is 5.82 Å². The normalized spacial score (nSPS) is 11.0. The molecule has 0 bridgehead atoms. The average molecular weight is 339 g/mol. The zero-order valence-electron chi connectivity index (χ0n) is 14.8. The fraction of sp³-hybridized carbons (Fsp3) is 0.368. The maximum Gasteiger partial charge on any atom is 0.224 e. The van der Waals surface area contributed by atoms with Crippen LogP contribution < -0.4 is 10.6 Å². The predicted octanol–water partition coefficient (Wildman–Crippen LogP) is 3.37. The number of ether oxygens (including phenoxy) is 1. The van der Waals surface area contributed by atoms with Gasteiger partial charge in [0.2, 0.25) is 5.95 Å². The minimum Gasteiger partial charge on any atom is -0.385 e. The molecule has 0 saturated heterocycles. The van der Waals surface area contributed by atoms with Crippen LogP contribution in [0.1, 0.15) is 17.7 Å². The number of benzene rings is 1. The number of methoxy groups -OCH3 is 1. The highest BCUT2D eigenvalue weighted by molar-refractivity contribution is 5.83. The van der Waals surface area contributed by atoms with Gasteiger partial charge in [0.15, 0.2) is 0 Å². The Morgan fingerprint density at radius 1 is 1.12 bits per heavy atom. The molecule has 0 radical (unpaired) electrons. The van der Waals surface area contributed by atoms with Crippen LogP contribution >= 0.6 is 0 Å². The number of aryl methyl sites for hydroxylation is 1. The van der Waals surface area contributed by atoms with Crippen LogP contribution in [0, 0.1) is 6.92 Å². The summed E-state index contributed by atoms with van der Waals surface area (Å²) < 4.78 is 5.06. The fourth-order valence-corrected chi connectivity index (χ4v) is 2.82. The number of fused-ring (bicyclic) bond motifs is 1. The summed E-state index contributed by atoms with van der Waals surface area (Å²) in [5.41, 5.74) is 3.42. The van der Waals surface area contributed by atoms with Crippen LogP contribution in [0.3, 0.4) is 0 Å². The molecule has 132 valence electrons. The van der Waals surface area contributed by atoms with E-state index in [4.69, 9.17) is 4.74 Å². The van der Waals surface area contributed by atoms with Gasteiger partial charge in [-0.25, -0.2) is 4.98 Å². The summed E-state index contributed by atoms with van der Waals surface area (Å²) in [5, 5.41) is 7.92. The van der Waals surface area contributed by atoms with Crippen molar-refractivity contribution in [1.82, 2.24) is 15.0 Å². The summed E-state index contributed by atoms with van der Waals surface area (Å²) >= 11 is 0. The number of nitrogens with one attached hydrogen (secondary N) is 3. The van der Waals surface area contributed by atoms with Crippen molar-refractivity contribution in [3.63, 3.8) is 0 Å². The Kier molecular flexibility index (Phi) is 5.85. The number of aromatic amines is 1. The zero-order valence-corrected chi connectivity index (χ0v) is 14.8. The van der Waals surface area contributed by atoms with Gasteiger partial charge in [-0.1, -0.05) is 18.2 Å². The summed E-state index contributed by atoms with van der Waals surface area (Å²) in [4.78, 5) is 12.3. The summed E-state index contributed by atoms with van der Waals surface area (Å²) in [5.74, 6) is 1.51. The van der Waals surface area contributed by atoms with Crippen molar-refractivity contribution in [3.8, 4) is 0 Å². The first-order chi connectivity index (χ1) is 12.3. The van der Waals surface area contributed by atoms with E-state index in [9.17, 15) is 0 Å². The lowest BCUT2D eigenvalue weighted by Crippen LogP contribution is -2.11. The van der Waals surface area contributed by atoms with E-state index in [0.717, 1.165) is 44.0 Å². The molecule has 1 aromatic carbocycles. The Bertz CT molecular complexity index is 814. The summed E-state index contributed by atoms with van der Waals surface area (Å²) in [7, 11) is 1.71. The number of aromatic nitrogens is 3. The van der Waals surface area contributed by atoms with Crippen molar-refractivity contribution in [1.29, 1.82) is 0 Å². The van der Waals surface area contributed by atoms with Gasteiger partial charge in [0, 0.05) is 55.7 Å². The van der Waals surface area contributed by atoms with Crippen molar-refractivity contribution in [2.45, 2.75) is 19.8 Å². The monoisotopic (exact) mass is 339 g/mol. The van der Waals surface area contributed by atoms with Crippen LogP contribution in [0.25, 0.3) is 10.9 Å². The maximum absolute atomic E-state index is 5.06. The second kappa shape index (κ2) is 8.48. The standard InChI is InChI=1S/C19H25N5O/c1-14-12-18(20-9-5-11-25-2)24-19(23-14)21-10-8-15-13-22-17-7-4-3-6-16(15)17/h3-4,6-7,12-13,22H,5,8-11H2,1-2H3,(H2,20,21,23,24). The third-order valence-electron chi connectivity index (χ3n) is 4.04. The minimum absolute atomic E-state index is 0.661. The molecule has 3 rings (SSSR count). The molecule has 6 heteroatoms. The van der Waals surface area contributed by atoms with Gasteiger partial charge in [0.05, 0.1) is 0 Å². The van der Waals surface area contributed by atoms with E-state index in [1.165, 1.54) is 16.5 Å². The number of anilines is 2. The molecule has 3 aromatic rings. The largest absolute Gasteiger partial charge is 0.385 e. The Morgan fingerprint density at radius 2 is 2.00 bits per heavy atom. The molecule has 0 unspecified atom stereocenters. The highest BCUT2D eigenvalue weighted by Crippen LogP contribution is 2.18. The van der Waals surface area contributed by atoms with Crippen LogP contribution in [0.5, 0.6) is 0 Å². The molecule has 25 heavy (non-hydrogen) atoms. The molecule has 0 aliphatic rings. The number of hydrogen-bond acceptors (Lipinski definition) is 5. The molecule has 2 aromatic heterocycles. The quantitative estimate of drug-likeness (QED) is 0.521. The van der Waals surface area contributed by atoms with Gasteiger partial charge in [0.25, 0.3) is 0 Å². The Morgan fingerprint density at radius 3 is 2.88 bits per heavy atom. The first kappa shape index (κ1) is 17.2. The maximum atomic E-state index is 5.06. The smallest absolute Gasteiger partial charge is 0.224 e. The third kappa shape index (κ3) is 4.70. The molecular weight excluding hydrogens is 314 g/mol. The molecule has 0 spiro atoms. The molecule has 0 fully saturated rings. The van der Waals surface area contributed by atoms with Crippen LogP contribution in [0.2, 0.25) is 0 Å². The molecule has 0 saturated carbocycles. The lowest BCUT2D eigenvalue weighted by atomic mass is 10.1. The van der Waals surface area contributed by atoms with E-state index in [1.54, 1.807) is 7.11 Å². The highest BCUT2D eigenvalue weighted by atomic mass is 16.5. The first-order valence-corrected chi connectivity index (χ1v) is 8.63. The van der Waals surface area contributed by atoms with Gasteiger partial charge < -0.3 is 20.4 Å². The summed E-state index contributed by atoms with van der Waals surface area (Å²) in [6.07, 6.45) is 3.94. The van der Waals surface area contributed by atoms with Crippen LogP contribution in [0.15, 0.2) is 36.5 Å². The van der Waals surface area contributed by atoms with E-state index in [1.807, 2.05) is 19.1 Å². The van der Waals surface area contributed by atoms with Crippen molar-refractivity contribution in [3.05, 3.63) is 47.8 Å². The zero-order chi connectivity index (χ0) is 17.5. The van der Waals surface area contributed by atoms with Crippen molar-refractivity contribution in [2.75, 3.05) is 37.4 Å². The van der Waals surface area contributed by atoms with Gasteiger partial charge >= 0.3 is 0 Å². The van der Waals surface area contributed by atoms with Crippen LogP contribution in [0.4, 0.5) is 11.8 Å². The third-order valence-corrected chi connectivity index (χ3v) is 4.04. The summed E-state index contributed by atoms with van der Waals surface area (Å²) in [6, 6.07) is 10.3. The summed E-state index contributed by atoms with van der Waals surface area (Å²) in [6.45, 7) is 4.34. The molecule has 0 aliphatic heterocycles. The Balaban J connectivity index is 1.56. The van der Waals surface area contributed by atoms with Gasteiger partial charge in [-0.15, -0.1) is 0 Å². The molecule has 2 heterocycles. The topological polar surface area (TPSA) is 74.9 Å². The number of para-hydroxylation sites is 1. The second-order valence-corrected chi connectivity index (χ2v) is 6.03. The molecule has 0 amide bonds. The second-order valence-electron chi connectivity index (χ2n) is 6.03. The van der Waals surface area contributed by atoms with Crippen LogP contribution in [-0.2, 0) is 11.2 Å². The average Bonchev–Trinajstić information content (AvgIpc) is 3.02. The lowest BCUT2D eigenvalue weighted by molar-refractivity contribution is 0.198. The molecule has 0 aliphatic carbocycles. The van der Waals surface area contributed by atoms with Gasteiger partial charge in [-0.05, 0) is 31.4 Å². The predicted molar refractivity (Wildman–Crippen MR) is 102 cm³/mol. The van der Waals surface area contributed by atoms with E-state index in [-0.39, 0.29) is 0 Å².